The van der Waals surface area contributed by atoms with Crippen molar-refractivity contribution < 1.29 is 13.2 Å². The molecule has 1 aliphatic rings. The molecule has 0 unspecified atom stereocenters. The molecule has 0 aliphatic carbocycles. The summed E-state index contributed by atoms with van der Waals surface area (Å²) in [6.07, 6.45) is 3.10. The molecule has 0 radical (unpaired) electrons. The number of thioether (sulfide) groups is 1. The molecule has 2 rings (SSSR count). The second-order valence-electron chi connectivity index (χ2n) is 6.66. The van der Waals surface area contributed by atoms with Crippen LogP contribution in [0.25, 0.3) is 0 Å². The van der Waals surface area contributed by atoms with Gasteiger partial charge in [-0.2, -0.15) is 4.74 Å². The number of hydrogen-bond donors (Lipinski definition) is 1. The fraction of sp³-hybridized carbons (Fsp3) is 0.529. The van der Waals surface area contributed by atoms with E-state index in [1.54, 1.807) is 23.9 Å². The first-order chi connectivity index (χ1) is 12.1. The molecule has 6 nitrogen and oxygen atoms in total. The first-order valence-corrected chi connectivity index (χ1v) is 11.2. The second-order valence-corrected chi connectivity index (χ2v) is 10.8. The van der Waals surface area contributed by atoms with Crippen molar-refractivity contribution in [3.05, 3.63) is 35.0 Å². The Morgan fingerprint density at radius 2 is 2.00 bits per heavy atom. The van der Waals surface area contributed by atoms with E-state index in [1.165, 1.54) is 25.4 Å². The van der Waals surface area contributed by atoms with Gasteiger partial charge in [0.05, 0.1) is 4.90 Å². The molecule has 0 bridgehead atoms. The number of hydroxylamine groups is 1. The van der Waals surface area contributed by atoms with Gasteiger partial charge in [-0.05, 0) is 51.6 Å². The summed E-state index contributed by atoms with van der Waals surface area (Å²) in [7, 11) is -2.12. The molecule has 1 aliphatic heterocycles. The molecule has 1 N–H and O–H groups in total. The van der Waals surface area contributed by atoms with Gasteiger partial charge < -0.3 is 5.21 Å². The van der Waals surface area contributed by atoms with Crippen LogP contribution < -0.4 is 4.72 Å². The zero-order valence-corrected chi connectivity index (χ0v) is 17.9. The van der Waals surface area contributed by atoms with Crippen LogP contribution in [-0.4, -0.2) is 53.1 Å². The standard InChI is InChI=1S/C17H25N3O3S3/c1-5-6-11-19-15(17(2,3)25-16(19)24)20(21)12-13-7-9-14(10-8-13)26(22,23)18-4/h7-10,12,15,18H,5-6,11H2,1-4H3/b20-12-/t15-/m0/s1. The highest BCUT2D eigenvalue weighted by Gasteiger charge is 2.50. The van der Waals surface area contributed by atoms with E-state index in [1.807, 2.05) is 18.7 Å². The minimum Gasteiger partial charge on any atom is -0.622 e. The molecule has 0 saturated carbocycles. The van der Waals surface area contributed by atoms with Crippen LogP contribution in [0.2, 0.25) is 0 Å². The number of rotatable bonds is 7. The summed E-state index contributed by atoms with van der Waals surface area (Å²) in [5.74, 6) is 0. The summed E-state index contributed by atoms with van der Waals surface area (Å²) in [4.78, 5) is 2.16. The summed E-state index contributed by atoms with van der Waals surface area (Å²) in [6.45, 7) is 6.89. The van der Waals surface area contributed by atoms with E-state index in [4.69, 9.17) is 12.2 Å². The van der Waals surface area contributed by atoms with Gasteiger partial charge in [0.25, 0.3) is 6.17 Å². The van der Waals surface area contributed by atoms with Crippen molar-refractivity contribution in [2.45, 2.75) is 49.4 Å². The molecule has 26 heavy (non-hydrogen) atoms. The molecule has 1 heterocycles. The lowest BCUT2D eigenvalue weighted by molar-refractivity contribution is -0.523. The molecular formula is C17H25N3O3S3. The number of hydrogen-bond acceptors (Lipinski definition) is 5. The van der Waals surface area contributed by atoms with Crippen LogP contribution in [0.15, 0.2) is 29.2 Å². The Kier molecular flexibility index (Phi) is 6.70. The third-order valence-electron chi connectivity index (χ3n) is 4.23. The summed E-state index contributed by atoms with van der Waals surface area (Å²) >= 11 is 7.02. The van der Waals surface area contributed by atoms with E-state index < -0.39 is 16.2 Å². The van der Waals surface area contributed by atoms with Gasteiger partial charge in [0.2, 0.25) is 10.0 Å². The molecule has 9 heteroatoms. The predicted molar refractivity (Wildman–Crippen MR) is 111 cm³/mol. The smallest absolute Gasteiger partial charge is 0.254 e. The number of nitrogens with one attached hydrogen (secondary N) is 1. The largest absolute Gasteiger partial charge is 0.622 e. The fourth-order valence-corrected chi connectivity index (χ4v) is 5.53. The highest BCUT2D eigenvalue weighted by Crippen LogP contribution is 2.41. The quantitative estimate of drug-likeness (QED) is 0.243. The zero-order chi connectivity index (χ0) is 19.5. The molecule has 0 aromatic heterocycles. The van der Waals surface area contributed by atoms with Gasteiger partial charge in [-0.3, -0.25) is 4.90 Å². The molecule has 0 spiro atoms. The fourth-order valence-electron chi connectivity index (χ4n) is 2.87. The molecule has 1 saturated heterocycles. The number of nitrogens with zero attached hydrogens (tertiary/aromatic N) is 2. The maximum atomic E-state index is 12.9. The normalized spacial score (nSPS) is 20.6. The van der Waals surface area contributed by atoms with Crippen LogP contribution in [0.3, 0.4) is 0 Å². The number of thiocarbonyl (C=S) groups is 1. The second kappa shape index (κ2) is 8.24. The van der Waals surface area contributed by atoms with Gasteiger partial charge in [0.1, 0.15) is 9.07 Å². The molecule has 144 valence electrons. The Labute approximate surface area is 165 Å². The van der Waals surface area contributed by atoms with Crippen LogP contribution >= 0.6 is 24.0 Å². The van der Waals surface area contributed by atoms with Crippen molar-refractivity contribution in [1.82, 2.24) is 9.62 Å². The van der Waals surface area contributed by atoms with Gasteiger partial charge in [-0.25, -0.2) is 13.1 Å². The lowest BCUT2D eigenvalue weighted by Gasteiger charge is -2.29. The van der Waals surface area contributed by atoms with E-state index in [-0.39, 0.29) is 9.64 Å². The van der Waals surface area contributed by atoms with Gasteiger partial charge in [0, 0.05) is 12.1 Å². The van der Waals surface area contributed by atoms with E-state index in [0.29, 0.717) is 5.56 Å². The van der Waals surface area contributed by atoms with Crippen LogP contribution in [0, 0.1) is 5.21 Å². The lowest BCUT2D eigenvalue weighted by atomic mass is 10.1. The Hall–Kier alpha value is -1.16. The van der Waals surface area contributed by atoms with Crippen LogP contribution in [0.1, 0.15) is 39.2 Å². The molecule has 1 aromatic rings. The average Bonchev–Trinajstić information content (AvgIpc) is 2.81. The van der Waals surface area contributed by atoms with Crippen LogP contribution in [0.5, 0.6) is 0 Å². The van der Waals surface area contributed by atoms with Crippen LogP contribution in [-0.2, 0) is 10.0 Å². The average molecular weight is 416 g/mol. The van der Waals surface area contributed by atoms with Gasteiger partial charge in [-0.1, -0.05) is 37.3 Å². The summed E-state index contributed by atoms with van der Waals surface area (Å²) in [6, 6.07) is 6.22. The van der Waals surface area contributed by atoms with E-state index >= 15 is 0 Å². The molecule has 1 aromatic carbocycles. The van der Waals surface area contributed by atoms with E-state index in [0.717, 1.165) is 28.4 Å². The first kappa shape index (κ1) is 21.1. The zero-order valence-electron chi connectivity index (χ0n) is 15.4. The van der Waals surface area contributed by atoms with Gasteiger partial charge in [0.15, 0.2) is 6.21 Å². The Bertz CT molecular complexity index is 789. The third kappa shape index (κ3) is 4.57. The Morgan fingerprint density at radius 1 is 1.38 bits per heavy atom. The van der Waals surface area contributed by atoms with E-state index in [2.05, 4.69) is 11.6 Å². The molecule has 0 amide bonds. The monoisotopic (exact) mass is 415 g/mol. The minimum atomic E-state index is -3.49. The maximum Gasteiger partial charge on any atom is 0.254 e. The van der Waals surface area contributed by atoms with Crippen LogP contribution in [0.4, 0.5) is 0 Å². The summed E-state index contributed by atoms with van der Waals surface area (Å²) < 4.78 is 27.2. The van der Waals surface area contributed by atoms with E-state index in [9.17, 15) is 13.6 Å². The van der Waals surface area contributed by atoms with Crippen molar-refractivity contribution >= 4 is 44.5 Å². The molecule has 1 fully saturated rings. The topological polar surface area (TPSA) is 75.5 Å². The highest BCUT2D eigenvalue weighted by atomic mass is 32.2. The first-order valence-electron chi connectivity index (χ1n) is 8.46. The summed E-state index contributed by atoms with van der Waals surface area (Å²) in [5, 5.41) is 12.9. The maximum absolute atomic E-state index is 12.9. The van der Waals surface area contributed by atoms with Crippen molar-refractivity contribution in [2.24, 2.45) is 0 Å². The predicted octanol–water partition coefficient (Wildman–Crippen LogP) is 2.76. The van der Waals surface area contributed by atoms with Crippen molar-refractivity contribution in [3.63, 3.8) is 0 Å². The molecule has 1 atom stereocenters. The van der Waals surface area contributed by atoms with Crippen molar-refractivity contribution in [1.29, 1.82) is 0 Å². The third-order valence-corrected chi connectivity index (χ3v) is 7.29. The Morgan fingerprint density at radius 3 is 2.54 bits per heavy atom. The Balaban J connectivity index is 2.30. The van der Waals surface area contributed by atoms with Crippen molar-refractivity contribution in [2.75, 3.05) is 13.6 Å². The highest BCUT2D eigenvalue weighted by molar-refractivity contribution is 8.24. The number of sulfonamides is 1. The molecular weight excluding hydrogens is 390 g/mol. The SMILES string of the molecule is CCCCN1C(=S)SC(C)(C)[C@@H]1/[N+]([O-])=C/c1ccc(S(=O)(=O)NC)cc1. The summed E-state index contributed by atoms with van der Waals surface area (Å²) in [5.41, 5.74) is 0.643. The minimum absolute atomic E-state index is 0.164. The van der Waals surface area contributed by atoms with Gasteiger partial charge in [-0.15, -0.1) is 0 Å². The van der Waals surface area contributed by atoms with Crippen molar-refractivity contribution in [3.8, 4) is 0 Å². The number of benzene rings is 1. The number of unbranched alkanes of at least 4 members (excludes halogenated alkanes) is 1. The lowest BCUT2D eigenvalue weighted by Crippen LogP contribution is -2.48. The van der Waals surface area contributed by atoms with Gasteiger partial charge >= 0.3 is 0 Å².